The molecule has 2 rings (SSSR count). The van der Waals surface area contributed by atoms with Crippen LogP contribution in [0.5, 0.6) is 0 Å². The summed E-state index contributed by atoms with van der Waals surface area (Å²) >= 11 is 1.51. The first kappa shape index (κ1) is 14.1. The smallest absolute Gasteiger partial charge is 0.281 e. The Morgan fingerprint density at radius 1 is 1.26 bits per heavy atom. The first-order chi connectivity index (χ1) is 9.04. The lowest BCUT2D eigenvalue weighted by Crippen LogP contribution is -2.21. The summed E-state index contributed by atoms with van der Waals surface area (Å²) in [4.78, 5) is 1.15. The van der Waals surface area contributed by atoms with Crippen LogP contribution in [0, 0.1) is 13.8 Å². The van der Waals surface area contributed by atoms with Crippen molar-refractivity contribution in [3.05, 3.63) is 35.2 Å². The number of benzene rings is 1. The number of aryl methyl sites for hydroxylation is 2. The summed E-state index contributed by atoms with van der Waals surface area (Å²) < 4.78 is 5.38. The third-order valence-corrected chi connectivity index (χ3v) is 3.68. The van der Waals surface area contributed by atoms with Crippen molar-refractivity contribution >= 4 is 11.8 Å². The summed E-state index contributed by atoms with van der Waals surface area (Å²) in [5.74, 6) is 0.595. The molecule has 2 aromatic rings. The maximum absolute atomic E-state index is 5.38. The zero-order chi connectivity index (χ0) is 13.8. The van der Waals surface area contributed by atoms with E-state index < -0.39 is 0 Å². The lowest BCUT2D eigenvalue weighted by molar-refractivity contribution is 0.429. The minimum absolute atomic E-state index is 0.496. The minimum atomic E-state index is 0.496. The second kappa shape index (κ2) is 6.21. The SMILES string of the molecule is Cc1nnc(Sc2ccc(CNC(C)C)cc2C)o1. The van der Waals surface area contributed by atoms with Crippen LogP contribution in [0.15, 0.2) is 32.7 Å². The van der Waals surface area contributed by atoms with Gasteiger partial charge in [-0.1, -0.05) is 26.0 Å². The van der Waals surface area contributed by atoms with Crippen LogP contribution in [0.4, 0.5) is 0 Å². The Labute approximate surface area is 118 Å². The monoisotopic (exact) mass is 277 g/mol. The van der Waals surface area contributed by atoms with Crippen molar-refractivity contribution in [1.82, 2.24) is 15.5 Å². The fourth-order valence-corrected chi connectivity index (χ4v) is 2.46. The highest BCUT2D eigenvalue weighted by atomic mass is 32.2. The highest BCUT2D eigenvalue weighted by molar-refractivity contribution is 7.99. The molecular formula is C14H19N3OS. The van der Waals surface area contributed by atoms with E-state index in [0.717, 1.165) is 11.4 Å². The molecular weight excluding hydrogens is 258 g/mol. The van der Waals surface area contributed by atoms with Crippen molar-refractivity contribution in [2.75, 3.05) is 0 Å². The summed E-state index contributed by atoms with van der Waals surface area (Å²) in [6, 6.07) is 6.93. The molecule has 5 heteroatoms. The Hall–Kier alpha value is -1.33. The van der Waals surface area contributed by atoms with Gasteiger partial charge in [0.2, 0.25) is 5.89 Å². The molecule has 0 atom stereocenters. The summed E-state index contributed by atoms with van der Waals surface area (Å²) in [6.07, 6.45) is 0. The molecule has 0 aliphatic rings. The van der Waals surface area contributed by atoms with E-state index in [9.17, 15) is 0 Å². The van der Waals surface area contributed by atoms with Crippen LogP contribution >= 0.6 is 11.8 Å². The second-order valence-electron chi connectivity index (χ2n) is 4.82. The van der Waals surface area contributed by atoms with Gasteiger partial charge in [-0.05, 0) is 35.9 Å². The highest BCUT2D eigenvalue weighted by Gasteiger charge is 2.08. The largest absolute Gasteiger partial charge is 0.416 e. The predicted octanol–water partition coefficient (Wildman–Crippen LogP) is 3.34. The van der Waals surface area contributed by atoms with Gasteiger partial charge in [-0.15, -0.1) is 10.2 Å². The van der Waals surface area contributed by atoms with E-state index in [2.05, 4.69) is 54.5 Å². The van der Waals surface area contributed by atoms with Gasteiger partial charge in [0.25, 0.3) is 5.22 Å². The van der Waals surface area contributed by atoms with Gasteiger partial charge in [0.15, 0.2) is 0 Å². The zero-order valence-corrected chi connectivity index (χ0v) is 12.5. The van der Waals surface area contributed by atoms with Crippen LogP contribution < -0.4 is 5.32 Å². The number of nitrogens with one attached hydrogen (secondary N) is 1. The average molecular weight is 277 g/mol. The number of hydrogen-bond acceptors (Lipinski definition) is 5. The summed E-state index contributed by atoms with van der Waals surface area (Å²) in [5.41, 5.74) is 2.51. The molecule has 1 aromatic carbocycles. The van der Waals surface area contributed by atoms with Crippen LogP contribution in [0.25, 0.3) is 0 Å². The van der Waals surface area contributed by atoms with Gasteiger partial charge in [0.1, 0.15) is 0 Å². The van der Waals surface area contributed by atoms with Crippen LogP contribution in [0.2, 0.25) is 0 Å². The molecule has 1 heterocycles. The lowest BCUT2D eigenvalue weighted by atomic mass is 10.1. The van der Waals surface area contributed by atoms with E-state index in [1.54, 1.807) is 6.92 Å². The average Bonchev–Trinajstić information content (AvgIpc) is 2.75. The molecule has 0 bridgehead atoms. The first-order valence-corrected chi connectivity index (χ1v) is 7.17. The summed E-state index contributed by atoms with van der Waals surface area (Å²) in [5, 5.41) is 11.8. The van der Waals surface area contributed by atoms with E-state index in [1.807, 2.05) is 0 Å². The second-order valence-corrected chi connectivity index (χ2v) is 5.82. The van der Waals surface area contributed by atoms with Crippen molar-refractivity contribution in [2.45, 2.75) is 50.4 Å². The van der Waals surface area contributed by atoms with Crippen LogP contribution in [0.3, 0.4) is 0 Å². The predicted molar refractivity (Wildman–Crippen MR) is 76.3 cm³/mol. The molecule has 0 aliphatic heterocycles. The molecule has 4 nitrogen and oxygen atoms in total. The van der Waals surface area contributed by atoms with Crippen molar-refractivity contribution < 1.29 is 4.42 Å². The van der Waals surface area contributed by atoms with Gasteiger partial charge >= 0.3 is 0 Å². The zero-order valence-electron chi connectivity index (χ0n) is 11.7. The van der Waals surface area contributed by atoms with Crippen molar-refractivity contribution in [3.63, 3.8) is 0 Å². The number of aromatic nitrogens is 2. The Bertz CT molecular complexity index is 551. The lowest BCUT2D eigenvalue weighted by Gasteiger charge is -2.10. The molecule has 19 heavy (non-hydrogen) atoms. The van der Waals surface area contributed by atoms with Crippen LogP contribution in [-0.4, -0.2) is 16.2 Å². The quantitative estimate of drug-likeness (QED) is 0.908. The van der Waals surface area contributed by atoms with Crippen molar-refractivity contribution in [2.24, 2.45) is 0 Å². The van der Waals surface area contributed by atoms with Gasteiger partial charge in [-0.3, -0.25) is 0 Å². The standard InChI is InChI=1S/C14H19N3OS/c1-9(2)15-8-12-5-6-13(10(3)7-12)19-14-17-16-11(4)18-14/h5-7,9,15H,8H2,1-4H3. The molecule has 0 amide bonds. The molecule has 0 fully saturated rings. The molecule has 0 saturated carbocycles. The topological polar surface area (TPSA) is 51.0 Å². The number of rotatable bonds is 5. The fraction of sp³-hybridized carbons (Fsp3) is 0.429. The van der Waals surface area contributed by atoms with Gasteiger partial charge in [-0.25, -0.2) is 0 Å². The normalized spacial score (nSPS) is 11.2. The Kier molecular flexibility index (Phi) is 4.61. The first-order valence-electron chi connectivity index (χ1n) is 6.35. The van der Waals surface area contributed by atoms with E-state index in [1.165, 1.54) is 22.9 Å². The Morgan fingerprint density at radius 3 is 2.63 bits per heavy atom. The van der Waals surface area contributed by atoms with Gasteiger partial charge < -0.3 is 9.73 Å². The van der Waals surface area contributed by atoms with Crippen molar-refractivity contribution in [3.8, 4) is 0 Å². The molecule has 1 N–H and O–H groups in total. The molecule has 0 spiro atoms. The van der Waals surface area contributed by atoms with E-state index in [-0.39, 0.29) is 0 Å². The number of nitrogens with zero attached hydrogens (tertiary/aromatic N) is 2. The van der Waals surface area contributed by atoms with Crippen molar-refractivity contribution in [1.29, 1.82) is 0 Å². The maximum atomic E-state index is 5.38. The number of hydrogen-bond donors (Lipinski definition) is 1. The third kappa shape index (κ3) is 4.08. The Balaban J connectivity index is 2.06. The molecule has 0 radical (unpaired) electrons. The van der Waals surface area contributed by atoms with E-state index >= 15 is 0 Å². The molecule has 1 aromatic heterocycles. The van der Waals surface area contributed by atoms with Crippen LogP contribution in [-0.2, 0) is 6.54 Å². The fourth-order valence-electron chi connectivity index (χ4n) is 1.67. The van der Waals surface area contributed by atoms with Crippen LogP contribution in [0.1, 0.15) is 30.9 Å². The Morgan fingerprint density at radius 2 is 2.05 bits per heavy atom. The highest BCUT2D eigenvalue weighted by Crippen LogP contribution is 2.29. The van der Waals surface area contributed by atoms with Gasteiger partial charge in [0, 0.05) is 24.4 Å². The van der Waals surface area contributed by atoms with E-state index in [0.29, 0.717) is 17.2 Å². The summed E-state index contributed by atoms with van der Waals surface area (Å²) in [6.45, 7) is 9.09. The maximum Gasteiger partial charge on any atom is 0.281 e. The molecule has 0 aliphatic carbocycles. The summed E-state index contributed by atoms with van der Waals surface area (Å²) in [7, 11) is 0. The van der Waals surface area contributed by atoms with E-state index in [4.69, 9.17) is 4.42 Å². The minimum Gasteiger partial charge on any atom is -0.416 e. The molecule has 102 valence electrons. The molecule has 0 saturated heterocycles. The van der Waals surface area contributed by atoms with Gasteiger partial charge in [-0.2, -0.15) is 0 Å². The molecule has 0 unspecified atom stereocenters. The van der Waals surface area contributed by atoms with Gasteiger partial charge in [0.05, 0.1) is 0 Å². The third-order valence-electron chi connectivity index (χ3n) is 2.66.